The first-order valence-electron chi connectivity index (χ1n) is 6.63. The fraction of sp³-hybridized carbons (Fsp3) is 0.643. The summed E-state index contributed by atoms with van der Waals surface area (Å²) in [7, 11) is 1.92. The molecule has 1 aromatic rings. The molecule has 3 nitrogen and oxygen atoms in total. The van der Waals surface area contributed by atoms with Crippen molar-refractivity contribution in [3.63, 3.8) is 0 Å². The molecule has 0 aliphatic carbocycles. The first-order chi connectivity index (χ1) is 8.23. The Labute approximate surface area is 104 Å². The lowest BCUT2D eigenvalue weighted by Gasteiger charge is -2.26. The zero-order valence-corrected chi connectivity index (χ0v) is 11.2. The minimum Gasteiger partial charge on any atom is -0.373 e. The second kappa shape index (κ2) is 4.94. The molecule has 0 radical (unpaired) electrons. The third kappa shape index (κ3) is 2.38. The monoisotopic (exact) mass is 233 g/mol. The molecule has 1 aromatic heterocycles. The van der Waals surface area contributed by atoms with Gasteiger partial charge in [0.2, 0.25) is 0 Å². The van der Waals surface area contributed by atoms with Gasteiger partial charge in [0.15, 0.2) is 0 Å². The maximum atomic E-state index is 4.62. The Morgan fingerprint density at radius 1 is 1.35 bits per heavy atom. The van der Waals surface area contributed by atoms with Gasteiger partial charge in [-0.05, 0) is 36.8 Å². The number of hydrogen-bond acceptors (Lipinski definition) is 3. The minimum atomic E-state index is 0.511. The first kappa shape index (κ1) is 12.2. The largest absolute Gasteiger partial charge is 0.373 e. The molecule has 1 aliphatic heterocycles. The highest BCUT2D eigenvalue weighted by Gasteiger charge is 2.35. The van der Waals surface area contributed by atoms with Crippen molar-refractivity contribution in [1.82, 2.24) is 4.98 Å². The van der Waals surface area contributed by atoms with E-state index in [0.717, 1.165) is 24.7 Å². The van der Waals surface area contributed by atoms with Crippen LogP contribution in [0.4, 0.5) is 11.6 Å². The third-order valence-corrected chi connectivity index (χ3v) is 4.25. The molecule has 0 saturated carbocycles. The zero-order chi connectivity index (χ0) is 12.3. The van der Waals surface area contributed by atoms with Crippen LogP contribution >= 0.6 is 0 Å². The molecule has 0 atom stereocenters. The van der Waals surface area contributed by atoms with Crippen LogP contribution < -0.4 is 10.2 Å². The van der Waals surface area contributed by atoms with Crippen molar-refractivity contribution in [2.75, 3.05) is 30.4 Å². The van der Waals surface area contributed by atoms with Crippen LogP contribution in [0.3, 0.4) is 0 Å². The molecule has 1 aliphatic rings. The smallest absolute Gasteiger partial charge is 0.130 e. The van der Waals surface area contributed by atoms with Crippen molar-refractivity contribution in [3.8, 4) is 0 Å². The summed E-state index contributed by atoms with van der Waals surface area (Å²) in [6, 6.07) is 6.20. The number of nitrogens with one attached hydrogen (secondary N) is 1. The van der Waals surface area contributed by atoms with E-state index in [4.69, 9.17) is 0 Å². The lowest BCUT2D eigenvalue weighted by atomic mass is 9.82. The molecule has 1 N–H and O–H groups in total. The summed E-state index contributed by atoms with van der Waals surface area (Å²) in [6.45, 7) is 6.91. The second-order valence-electron chi connectivity index (χ2n) is 5.01. The van der Waals surface area contributed by atoms with Gasteiger partial charge < -0.3 is 10.2 Å². The molecule has 0 aromatic carbocycles. The van der Waals surface area contributed by atoms with Gasteiger partial charge in [-0.1, -0.05) is 19.9 Å². The van der Waals surface area contributed by atoms with E-state index < -0.39 is 0 Å². The highest BCUT2D eigenvalue weighted by Crippen LogP contribution is 2.38. The summed E-state index contributed by atoms with van der Waals surface area (Å²) in [6.07, 6.45) is 3.84. The van der Waals surface area contributed by atoms with Crippen LogP contribution in [0.1, 0.15) is 33.1 Å². The molecule has 94 valence electrons. The van der Waals surface area contributed by atoms with Crippen LogP contribution in [0.5, 0.6) is 0 Å². The van der Waals surface area contributed by atoms with Crippen LogP contribution in [0.2, 0.25) is 0 Å². The lowest BCUT2D eigenvalue weighted by molar-refractivity contribution is 0.301. The van der Waals surface area contributed by atoms with Gasteiger partial charge in [0.25, 0.3) is 0 Å². The number of pyridine rings is 1. The molecule has 2 rings (SSSR count). The molecule has 0 spiro atoms. The Balaban J connectivity index is 2.14. The number of nitrogens with zero attached hydrogens (tertiary/aromatic N) is 2. The third-order valence-electron chi connectivity index (χ3n) is 4.25. The Morgan fingerprint density at radius 3 is 2.71 bits per heavy atom. The van der Waals surface area contributed by atoms with Crippen LogP contribution in [0.25, 0.3) is 0 Å². The SMILES string of the molecule is CCC1(CC)CCN(c2cccc(NC)n2)C1. The van der Waals surface area contributed by atoms with Crippen molar-refractivity contribution < 1.29 is 0 Å². The summed E-state index contributed by atoms with van der Waals surface area (Å²) >= 11 is 0. The molecular formula is C14H23N3. The normalized spacial score (nSPS) is 18.4. The van der Waals surface area contributed by atoms with E-state index in [1.807, 2.05) is 13.1 Å². The number of aromatic nitrogens is 1. The van der Waals surface area contributed by atoms with Gasteiger partial charge in [0.05, 0.1) is 0 Å². The van der Waals surface area contributed by atoms with Crippen molar-refractivity contribution in [2.24, 2.45) is 5.41 Å². The average Bonchev–Trinajstić information content (AvgIpc) is 2.84. The Morgan fingerprint density at radius 2 is 2.12 bits per heavy atom. The van der Waals surface area contributed by atoms with E-state index >= 15 is 0 Å². The quantitative estimate of drug-likeness (QED) is 0.866. The molecule has 0 amide bonds. The zero-order valence-electron chi connectivity index (χ0n) is 11.2. The van der Waals surface area contributed by atoms with E-state index in [1.54, 1.807) is 0 Å². The predicted octanol–water partition coefficient (Wildman–Crippen LogP) is 3.14. The van der Waals surface area contributed by atoms with Crippen molar-refractivity contribution in [2.45, 2.75) is 33.1 Å². The van der Waals surface area contributed by atoms with Gasteiger partial charge in [0.1, 0.15) is 11.6 Å². The summed E-state index contributed by atoms with van der Waals surface area (Å²) in [5.41, 5.74) is 0.511. The van der Waals surface area contributed by atoms with E-state index in [0.29, 0.717) is 5.41 Å². The summed E-state index contributed by atoms with van der Waals surface area (Å²) in [5, 5.41) is 3.10. The van der Waals surface area contributed by atoms with Crippen LogP contribution in [0.15, 0.2) is 18.2 Å². The fourth-order valence-corrected chi connectivity index (χ4v) is 2.70. The molecule has 1 fully saturated rings. The predicted molar refractivity (Wildman–Crippen MR) is 73.6 cm³/mol. The average molecular weight is 233 g/mol. The molecule has 1 saturated heterocycles. The van der Waals surface area contributed by atoms with Gasteiger partial charge in [-0.25, -0.2) is 4.98 Å². The molecular weight excluding hydrogens is 210 g/mol. The van der Waals surface area contributed by atoms with Crippen LogP contribution in [-0.2, 0) is 0 Å². The van der Waals surface area contributed by atoms with Crippen LogP contribution in [0, 0.1) is 5.41 Å². The number of anilines is 2. The highest BCUT2D eigenvalue weighted by atomic mass is 15.2. The van der Waals surface area contributed by atoms with Gasteiger partial charge in [-0.15, -0.1) is 0 Å². The van der Waals surface area contributed by atoms with E-state index in [2.05, 4.69) is 41.2 Å². The van der Waals surface area contributed by atoms with Gasteiger partial charge in [-0.2, -0.15) is 0 Å². The summed E-state index contributed by atoms with van der Waals surface area (Å²) in [5.74, 6) is 2.06. The molecule has 0 unspecified atom stereocenters. The Hall–Kier alpha value is -1.25. The van der Waals surface area contributed by atoms with E-state index in [9.17, 15) is 0 Å². The summed E-state index contributed by atoms with van der Waals surface area (Å²) < 4.78 is 0. The topological polar surface area (TPSA) is 28.2 Å². The molecule has 17 heavy (non-hydrogen) atoms. The summed E-state index contributed by atoms with van der Waals surface area (Å²) in [4.78, 5) is 7.05. The van der Waals surface area contributed by atoms with Gasteiger partial charge in [0, 0.05) is 20.1 Å². The Bertz CT molecular complexity index is 371. The maximum Gasteiger partial charge on any atom is 0.130 e. The van der Waals surface area contributed by atoms with E-state index in [1.165, 1.54) is 19.3 Å². The maximum absolute atomic E-state index is 4.62. The first-order valence-corrected chi connectivity index (χ1v) is 6.63. The molecule has 3 heteroatoms. The number of rotatable bonds is 4. The minimum absolute atomic E-state index is 0.511. The van der Waals surface area contributed by atoms with Crippen molar-refractivity contribution in [1.29, 1.82) is 0 Å². The molecule has 2 heterocycles. The lowest BCUT2D eigenvalue weighted by Crippen LogP contribution is -2.26. The highest BCUT2D eigenvalue weighted by molar-refractivity contribution is 5.47. The van der Waals surface area contributed by atoms with Crippen molar-refractivity contribution in [3.05, 3.63) is 18.2 Å². The molecule has 0 bridgehead atoms. The van der Waals surface area contributed by atoms with E-state index in [-0.39, 0.29) is 0 Å². The van der Waals surface area contributed by atoms with Crippen molar-refractivity contribution >= 4 is 11.6 Å². The van der Waals surface area contributed by atoms with Crippen LogP contribution in [-0.4, -0.2) is 25.1 Å². The van der Waals surface area contributed by atoms with Gasteiger partial charge >= 0.3 is 0 Å². The van der Waals surface area contributed by atoms with Gasteiger partial charge in [-0.3, -0.25) is 0 Å². The number of hydrogen-bond donors (Lipinski definition) is 1. The standard InChI is InChI=1S/C14H23N3/c1-4-14(5-2)9-10-17(11-14)13-8-6-7-12(15-3)16-13/h6-8H,4-5,9-11H2,1-3H3,(H,15,16). The Kier molecular flexibility index (Phi) is 3.55. The second-order valence-corrected chi connectivity index (χ2v) is 5.01. The fourth-order valence-electron chi connectivity index (χ4n) is 2.70.